The Morgan fingerprint density at radius 2 is 1.36 bits per heavy atom. The Labute approximate surface area is 301 Å². The lowest BCUT2D eigenvalue weighted by Crippen LogP contribution is -2.30. The Morgan fingerprint density at radius 3 is 2.08 bits per heavy atom. The number of nitrogens with one attached hydrogen (secondary N) is 1. The number of hydrogen-bond donors (Lipinski definition) is 1. The number of hydrogen-bond acceptors (Lipinski definition) is 10. The van der Waals surface area contributed by atoms with E-state index in [9.17, 15) is 21.6 Å². The highest BCUT2D eigenvalue weighted by Gasteiger charge is 2.46. The van der Waals surface area contributed by atoms with Crippen LogP contribution in [0.5, 0.6) is 5.75 Å². The molecule has 0 amide bonds. The van der Waals surface area contributed by atoms with Gasteiger partial charge in [-0.3, -0.25) is 4.72 Å². The molecule has 5 aromatic carbocycles. The molecule has 0 fully saturated rings. The fraction of sp³-hybridized carbons (Fsp3) is 0.162. The van der Waals surface area contributed by atoms with E-state index in [0.29, 0.717) is 47.8 Å². The summed E-state index contributed by atoms with van der Waals surface area (Å²) in [5.41, 5.74) is -2.76. The van der Waals surface area contributed by atoms with E-state index in [1.165, 1.54) is 16.9 Å². The number of nitrogens with zero attached hydrogens (tertiary/aromatic N) is 6. The van der Waals surface area contributed by atoms with Gasteiger partial charge < -0.3 is 14.2 Å². The number of sulfonamides is 1. The van der Waals surface area contributed by atoms with E-state index in [1.807, 2.05) is 24.3 Å². The quantitative estimate of drug-likeness (QED) is 0.122. The molecule has 1 N–H and O–H groups in total. The van der Waals surface area contributed by atoms with E-state index < -0.39 is 15.5 Å². The highest BCUT2D eigenvalue weighted by molar-refractivity contribution is 7.93. The third-order valence-corrected chi connectivity index (χ3v) is 9.09. The number of halogens is 3. The van der Waals surface area contributed by atoms with Crippen LogP contribution in [0.1, 0.15) is 0 Å². The van der Waals surface area contributed by atoms with Crippen molar-refractivity contribution in [3.8, 4) is 45.6 Å². The van der Waals surface area contributed by atoms with Crippen LogP contribution in [-0.2, 0) is 19.5 Å². The minimum atomic E-state index is -5.83. The Morgan fingerprint density at radius 1 is 0.698 bits per heavy atom. The molecule has 0 spiro atoms. The van der Waals surface area contributed by atoms with Crippen molar-refractivity contribution in [3.63, 3.8) is 0 Å². The van der Waals surface area contributed by atoms with Crippen molar-refractivity contribution < 1.29 is 35.8 Å². The summed E-state index contributed by atoms with van der Waals surface area (Å²) in [6, 6.07) is 31.0. The van der Waals surface area contributed by atoms with Crippen molar-refractivity contribution in [1.29, 1.82) is 0 Å². The molecule has 0 radical (unpaired) electrons. The van der Waals surface area contributed by atoms with Crippen molar-refractivity contribution >= 4 is 37.5 Å². The van der Waals surface area contributed by atoms with Gasteiger partial charge in [-0.1, -0.05) is 54.6 Å². The molecular formula is C37H30F3N7O5S. The molecule has 0 aliphatic heterocycles. The number of alkyl halides is 3. The summed E-state index contributed by atoms with van der Waals surface area (Å²) in [5.74, 6) is 0.756. The van der Waals surface area contributed by atoms with Gasteiger partial charge in [-0.05, 0) is 60.0 Å². The second-order valence-corrected chi connectivity index (χ2v) is 13.2. The van der Waals surface area contributed by atoms with Crippen molar-refractivity contribution in [3.05, 3.63) is 109 Å². The number of methoxy groups -OCH3 is 1. The van der Waals surface area contributed by atoms with Crippen LogP contribution in [0.2, 0.25) is 0 Å². The molecule has 2 heterocycles. The molecular weight excluding hydrogens is 712 g/mol. The number of ether oxygens (including phenoxy) is 3. The molecule has 2 aromatic heterocycles. The van der Waals surface area contributed by atoms with Crippen LogP contribution in [0.4, 0.5) is 18.9 Å². The van der Waals surface area contributed by atoms with Crippen molar-refractivity contribution in [1.82, 2.24) is 29.9 Å². The molecule has 0 saturated heterocycles. The van der Waals surface area contributed by atoms with Crippen LogP contribution in [0.25, 0.3) is 61.7 Å². The van der Waals surface area contributed by atoms with Gasteiger partial charge in [0.2, 0.25) is 0 Å². The Bertz CT molecular complexity index is 2480. The maximum atomic E-state index is 13.7. The number of fused-ring (bicyclic) bond motifs is 2. The molecule has 0 atom stereocenters. The molecule has 7 aromatic rings. The molecule has 53 heavy (non-hydrogen) atoms. The minimum Gasteiger partial charge on any atom is -0.491 e. The first kappa shape index (κ1) is 35.4. The number of benzene rings is 5. The summed E-state index contributed by atoms with van der Waals surface area (Å²) in [7, 11) is -4.25. The number of anilines is 1. The lowest BCUT2D eigenvalue weighted by atomic mass is 10.0. The Kier molecular flexibility index (Phi) is 9.99. The predicted molar refractivity (Wildman–Crippen MR) is 193 cm³/mol. The van der Waals surface area contributed by atoms with Crippen LogP contribution < -0.4 is 9.46 Å². The third-order valence-electron chi connectivity index (χ3n) is 8.01. The number of aromatic nitrogens is 6. The molecule has 16 heteroatoms. The topological polar surface area (TPSA) is 143 Å². The van der Waals surface area contributed by atoms with Crippen LogP contribution in [0.3, 0.4) is 0 Å². The summed E-state index contributed by atoms with van der Waals surface area (Å²) in [6.45, 7) is 1.46. The first-order chi connectivity index (χ1) is 25.6. The zero-order valence-corrected chi connectivity index (χ0v) is 28.8. The zero-order chi connectivity index (χ0) is 37.0. The fourth-order valence-corrected chi connectivity index (χ4v) is 6.03. The Hall–Kier alpha value is -5.97. The zero-order valence-electron chi connectivity index (χ0n) is 28.0. The predicted octanol–water partition coefficient (Wildman–Crippen LogP) is 7.06. The van der Waals surface area contributed by atoms with Crippen molar-refractivity contribution in [2.24, 2.45) is 0 Å². The number of rotatable bonds is 13. The van der Waals surface area contributed by atoms with E-state index in [1.54, 1.807) is 84.6 Å². The molecule has 0 bridgehead atoms. The van der Waals surface area contributed by atoms with Crippen LogP contribution in [-0.4, -0.2) is 77.4 Å². The maximum Gasteiger partial charge on any atom is 0.516 e. The van der Waals surface area contributed by atoms with Crippen molar-refractivity contribution in [2.45, 2.75) is 5.51 Å². The van der Waals surface area contributed by atoms with E-state index in [2.05, 4.69) is 20.2 Å². The molecule has 12 nitrogen and oxygen atoms in total. The smallest absolute Gasteiger partial charge is 0.491 e. The van der Waals surface area contributed by atoms with E-state index >= 15 is 0 Å². The third kappa shape index (κ3) is 7.79. The molecule has 0 saturated carbocycles. The van der Waals surface area contributed by atoms with Crippen molar-refractivity contribution in [2.75, 3.05) is 38.3 Å². The van der Waals surface area contributed by atoms with Crippen LogP contribution >= 0.6 is 0 Å². The maximum absolute atomic E-state index is 13.7. The SMILES string of the molecule is COCCOCCOc1cccc(-c2nc(-c3ccc(-n4nc5ccccc5n4)cc3)nc(-c3ccc4ccccc4c3NS(=O)(=O)C(F)(F)F)n2)c1. The van der Waals surface area contributed by atoms with Crippen LogP contribution in [0, 0.1) is 0 Å². The van der Waals surface area contributed by atoms with Crippen LogP contribution in [0.15, 0.2) is 109 Å². The van der Waals surface area contributed by atoms with Gasteiger partial charge in [0.1, 0.15) is 23.4 Å². The minimum absolute atomic E-state index is 0.00564. The standard InChI is InChI=1S/C37H30F3N7O5S/c1-50-19-20-51-21-22-52-28-9-6-8-26(23-28)35-41-34(25-13-16-27(17-14-25)47-44-31-11-4-5-12-32(31)45-47)42-36(43-35)30-18-15-24-7-2-3-10-29(24)33(30)46-53(48,49)37(38,39)40/h2-18,23,46H,19-22H2,1H3. The van der Waals surface area contributed by atoms with Gasteiger partial charge in [0.05, 0.1) is 31.2 Å². The second kappa shape index (κ2) is 14.9. The normalized spacial score (nSPS) is 12.0. The average molecular weight is 742 g/mol. The molecule has 270 valence electrons. The van der Waals surface area contributed by atoms with Gasteiger partial charge in [0, 0.05) is 29.2 Å². The largest absolute Gasteiger partial charge is 0.516 e. The lowest BCUT2D eigenvalue weighted by Gasteiger charge is -2.17. The summed E-state index contributed by atoms with van der Waals surface area (Å²) < 4.78 is 84.2. The highest BCUT2D eigenvalue weighted by Crippen LogP contribution is 2.38. The fourth-order valence-electron chi connectivity index (χ4n) is 5.42. The average Bonchev–Trinajstić information content (AvgIpc) is 3.60. The monoisotopic (exact) mass is 741 g/mol. The lowest BCUT2D eigenvalue weighted by molar-refractivity contribution is -0.0429. The summed E-state index contributed by atoms with van der Waals surface area (Å²) in [4.78, 5) is 15.6. The summed E-state index contributed by atoms with van der Waals surface area (Å²) >= 11 is 0. The Balaban J connectivity index is 1.33. The molecule has 0 aliphatic rings. The molecule has 7 rings (SSSR count). The van der Waals surface area contributed by atoms with Gasteiger partial charge in [-0.2, -0.15) is 26.4 Å². The first-order valence-electron chi connectivity index (χ1n) is 16.2. The van der Waals surface area contributed by atoms with Gasteiger partial charge in [-0.15, -0.1) is 10.2 Å². The molecule has 0 aliphatic carbocycles. The van der Waals surface area contributed by atoms with Gasteiger partial charge in [0.25, 0.3) is 0 Å². The van der Waals surface area contributed by atoms with E-state index in [4.69, 9.17) is 19.2 Å². The van der Waals surface area contributed by atoms with Gasteiger partial charge >= 0.3 is 15.5 Å². The van der Waals surface area contributed by atoms with E-state index in [-0.39, 0.29) is 40.7 Å². The van der Waals surface area contributed by atoms with Gasteiger partial charge in [-0.25, -0.2) is 15.0 Å². The summed E-state index contributed by atoms with van der Waals surface area (Å²) in [5, 5.41) is 9.76. The van der Waals surface area contributed by atoms with Gasteiger partial charge in [0.15, 0.2) is 17.5 Å². The molecule has 0 unspecified atom stereocenters. The summed E-state index contributed by atoms with van der Waals surface area (Å²) in [6.07, 6.45) is 0. The second-order valence-electron chi connectivity index (χ2n) is 11.6. The van der Waals surface area contributed by atoms with E-state index in [0.717, 1.165) is 11.0 Å². The first-order valence-corrected chi connectivity index (χ1v) is 17.7. The highest BCUT2D eigenvalue weighted by atomic mass is 32.2.